The van der Waals surface area contributed by atoms with Crippen molar-refractivity contribution in [2.45, 2.75) is 136 Å². The maximum atomic E-state index is 11.1. The van der Waals surface area contributed by atoms with E-state index >= 15 is 0 Å². The van der Waals surface area contributed by atoms with E-state index in [2.05, 4.69) is 38.2 Å². The Hall–Kier alpha value is -1.66. The van der Waals surface area contributed by atoms with Crippen LogP contribution >= 0.6 is 0 Å². The van der Waals surface area contributed by atoms with Crippen molar-refractivity contribution in [3.63, 3.8) is 0 Å². The summed E-state index contributed by atoms with van der Waals surface area (Å²) in [5.41, 5.74) is 0. The molecule has 0 aromatic rings. The van der Waals surface area contributed by atoms with Crippen molar-refractivity contribution in [1.29, 1.82) is 0 Å². The molecule has 0 radical (unpaired) electrons. The van der Waals surface area contributed by atoms with Crippen LogP contribution in [0.1, 0.15) is 129 Å². The molecule has 1 unspecified atom stereocenters. The third-order valence-corrected chi connectivity index (χ3v) is 5.47. The van der Waals surface area contributed by atoms with Crippen LogP contribution in [0.4, 0.5) is 0 Å². The van der Waals surface area contributed by atoms with Crippen LogP contribution in [0.2, 0.25) is 0 Å². The van der Waals surface area contributed by atoms with E-state index in [4.69, 9.17) is 20.1 Å². The smallest absolute Gasteiger partial charge is 0.305 e. The first-order chi connectivity index (χ1) is 17.0. The highest BCUT2D eigenvalue weighted by molar-refractivity contribution is 5.69. The summed E-state index contributed by atoms with van der Waals surface area (Å²) in [6.07, 6.45) is 27.2. The van der Waals surface area contributed by atoms with Gasteiger partial charge in [0.1, 0.15) is 12.7 Å². The Balaban J connectivity index is 0. The van der Waals surface area contributed by atoms with Crippen LogP contribution in [0.5, 0.6) is 0 Å². The lowest BCUT2D eigenvalue weighted by atomic mass is 10.1. The van der Waals surface area contributed by atoms with Gasteiger partial charge in [-0.2, -0.15) is 0 Å². The summed E-state index contributed by atoms with van der Waals surface area (Å²) in [4.78, 5) is 21.4. The molecule has 0 aliphatic heterocycles. The Morgan fingerprint density at radius 2 is 1.20 bits per heavy atom. The standard InChI is InChI=1S/C18H32O2.C11H22O4/c1-2-3-4-5-6-7-8-9-10-11-12-13-14-15-16-17-18(19)20;1-2-3-4-5-6-7-11(14)15-9-10(13)8-12/h6-7,9-10H,2-5,8,11-17H2,1H3,(H,19,20);10,12-13H,2-9H2,1H3/b7-6-,10-9-;. The van der Waals surface area contributed by atoms with Crippen LogP contribution < -0.4 is 0 Å². The van der Waals surface area contributed by atoms with Gasteiger partial charge in [-0.15, -0.1) is 0 Å². The first kappa shape index (κ1) is 35.5. The summed E-state index contributed by atoms with van der Waals surface area (Å²) in [7, 11) is 0. The molecule has 0 heterocycles. The van der Waals surface area contributed by atoms with Gasteiger partial charge >= 0.3 is 11.9 Å². The Morgan fingerprint density at radius 3 is 1.77 bits per heavy atom. The number of aliphatic hydroxyl groups excluding tert-OH is 2. The number of hydrogen-bond donors (Lipinski definition) is 3. The van der Waals surface area contributed by atoms with E-state index in [-0.39, 0.29) is 19.2 Å². The van der Waals surface area contributed by atoms with Crippen molar-refractivity contribution in [2.75, 3.05) is 13.2 Å². The molecule has 0 saturated heterocycles. The van der Waals surface area contributed by atoms with Gasteiger partial charge in [-0.25, -0.2) is 0 Å². The molecule has 6 nitrogen and oxygen atoms in total. The van der Waals surface area contributed by atoms with Gasteiger partial charge in [-0.05, 0) is 44.9 Å². The highest BCUT2D eigenvalue weighted by Crippen LogP contribution is 2.08. The van der Waals surface area contributed by atoms with Crippen molar-refractivity contribution in [2.24, 2.45) is 0 Å². The average Bonchev–Trinajstić information content (AvgIpc) is 2.85. The van der Waals surface area contributed by atoms with Crippen LogP contribution in [-0.2, 0) is 14.3 Å². The second kappa shape index (κ2) is 30.4. The number of unbranched alkanes of at least 4 members (excludes halogenated alkanes) is 12. The normalized spacial score (nSPS) is 12.0. The Labute approximate surface area is 214 Å². The maximum absolute atomic E-state index is 11.1. The molecule has 206 valence electrons. The fourth-order valence-corrected chi connectivity index (χ4v) is 3.27. The SMILES string of the molecule is CCCCC/C=C\C/C=C\CCCCCCCC(=O)O.CCCCCCCC(=O)OCC(O)CO. The van der Waals surface area contributed by atoms with Crippen molar-refractivity contribution in [3.05, 3.63) is 24.3 Å². The van der Waals surface area contributed by atoms with Gasteiger partial charge in [0.2, 0.25) is 0 Å². The summed E-state index contributed by atoms with van der Waals surface area (Å²) in [6, 6.07) is 0. The monoisotopic (exact) mass is 498 g/mol. The predicted octanol–water partition coefficient (Wildman–Crippen LogP) is 7.13. The fraction of sp³-hybridized carbons (Fsp3) is 0.793. The molecule has 3 N–H and O–H groups in total. The molecule has 0 aromatic heterocycles. The highest BCUT2D eigenvalue weighted by atomic mass is 16.5. The van der Waals surface area contributed by atoms with E-state index < -0.39 is 12.1 Å². The lowest BCUT2D eigenvalue weighted by molar-refractivity contribution is -0.147. The van der Waals surface area contributed by atoms with Crippen molar-refractivity contribution in [1.82, 2.24) is 0 Å². The van der Waals surface area contributed by atoms with Gasteiger partial charge in [0.05, 0.1) is 6.61 Å². The van der Waals surface area contributed by atoms with E-state index in [1.165, 1.54) is 57.8 Å². The summed E-state index contributed by atoms with van der Waals surface area (Å²) in [6.45, 7) is 3.90. The number of carbonyl (C=O) groups excluding carboxylic acids is 1. The quantitative estimate of drug-likeness (QED) is 0.0786. The Bertz CT molecular complexity index is 515. The average molecular weight is 499 g/mol. The molecule has 6 heteroatoms. The minimum atomic E-state index is -0.950. The van der Waals surface area contributed by atoms with Gasteiger partial charge in [0, 0.05) is 12.8 Å². The number of aliphatic carboxylic acids is 1. The second-order valence-corrected chi connectivity index (χ2v) is 9.06. The molecular weight excluding hydrogens is 444 g/mol. The van der Waals surface area contributed by atoms with Crippen LogP contribution in [0, 0.1) is 0 Å². The van der Waals surface area contributed by atoms with Gasteiger partial charge < -0.3 is 20.1 Å². The summed E-state index contributed by atoms with van der Waals surface area (Å²) < 4.78 is 4.75. The number of ether oxygens (including phenoxy) is 1. The molecule has 0 saturated carbocycles. The number of carbonyl (C=O) groups is 2. The van der Waals surface area contributed by atoms with E-state index in [1.807, 2.05) is 0 Å². The molecule has 1 atom stereocenters. The van der Waals surface area contributed by atoms with Crippen molar-refractivity contribution >= 4 is 11.9 Å². The Kier molecular flexibility index (Phi) is 30.8. The zero-order valence-electron chi connectivity index (χ0n) is 22.6. The number of esters is 1. The van der Waals surface area contributed by atoms with Crippen molar-refractivity contribution in [3.8, 4) is 0 Å². The molecule has 0 aromatic carbocycles. The summed E-state index contributed by atoms with van der Waals surface area (Å²) in [5.74, 6) is -0.963. The van der Waals surface area contributed by atoms with Crippen LogP contribution in [0.3, 0.4) is 0 Å². The van der Waals surface area contributed by atoms with Gasteiger partial charge in [0.15, 0.2) is 0 Å². The molecule has 0 amide bonds. The zero-order chi connectivity index (χ0) is 26.4. The molecule has 0 bridgehead atoms. The van der Waals surface area contributed by atoms with E-state index in [0.29, 0.717) is 12.8 Å². The van der Waals surface area contributed by atoms with Crippen LogP contribution in [0.25, 0.3) is 0 Å². The molecule has 35 heavy (non-hydrogen) atoms. The molecular formula is C29H54O6. The topological polar surface area (TPSA) is 104 Å². The fourth-order valence-electron chi connectivity index (χ4n) is 3.27. The number of carboxylic acid groups (broad SMARTS) is 1. The third-order valence-electron chi connectivity index (χ3n) is 5.47. The third kappa shape index (κ3) is 34.6. The number of carboxylic acids is 1. The van der Waals surface area contributed by atoms with Gasteiger partial charge in [-0.1, -0.05) is 95.9 Å². The lowest BCUT2D eigenvalue weighted by Gasteiger charge is -2.08. The zero-order valence-corrected chi connectivity index (χ0v) is 22.6. The van der Waals surface area contributed by atoms with E-state index in [0.717, 1.165) is 44.9 Å². The first-order valence-electron chi connectivity index (χ1n) is 13.9. The maximum Gasteiger partial charge on any atom is 0.305 e. The first-order valence-corrected chi connectivity index (χ1v) is 13.9. The molecule has 0 spiro atoms. The highest BCUT2D eigenvalue weighted by Gasteiger charge is 2.07. The molecule has 0 fully saturated rings. The van der Waals surface area contributed by atoms with Gasteiger partial charge in [-0.3, -0.25) is 9.59 Å². The second-order valence-electron chi connectivity index (χ2n) is 9.06. The Morgan fingerprint density at radius 1 is 0.714 bits per heavy atom. The number of rotatable bonds is 23. The minimum Gasteiger partial charge on any atom is -0.481 e. The molecule has 0 aliphatic rings. The van der Waals surface area contributed by atoms with Crippen molar-refractivity contribution < 1.29 is 29.6 Å². The number of aliphatic hydroxyl groups is 2. The number of allylic oxidation sites excluding steroid dienone is 4. The van der Waals surface area contributed by atoms with Crippen LogP contribution in [-0.4, -0.2) is 46.6 Å². The van der Waals surface area contributed by atoms with E-state index in [9.17, 15) is 9.59 Å². The largest absolute Gasteiger partial charge is 0.481 e. The van der Waals surface area contributed by atoms with E-state index in [1.54, 1.807) is 0 Å². The molecule has 0 aliphatic carbocycles. The summed E-state index contributed by atoms with van der Waals surface area (Å²) >= 11 is 0. The predicted molar refractivity (Wildman–Crippen MR) is 144 cm³/mol. The lowest BCUT2D eigenvalue weighted by Crippen LogP contribution is -2.21. The molecule has 0 rings (SSSR count). The number of hydrogen-bond acceptors (Lipinski definition) is 5. The minimum absolute atomic E-state index is 0.107. The van der Waals surface area contributed by atoms with Crippen LogP contribution in [0.15, 0.2) is 24.3 Å². The van der Waals surface area contributed by atoms with Gasteiger partial charge in [0.25, 0.3) is 0 Å². The summed E-state index contributed by atoms with van der Waals surface area (Å²) in [5, 5.41) is 25.9.